The Balaban J connectivity index is 2.23. The van der Waals surface area contributed by atoms with Crippen LogP contribution in [0.1, 0.15) is 24.0 Å². The molecule has 16 heavy (non-hydrogen) atoms. The van der Waals surface area contributed by atoms with Crippen molar-refractivity contribution in [2.45, 2.75) is 25.4 Å². The summed E-state index contributed by atoms with van der Waals surface area (Å²) in [5.41, 5.74) is 0.959. The Labute approximate surface area is 98.9 Å². The fraction of sp³-hybridized carbons (Fsp3) is 0.500. The molecule has 1 aliphatic heterocycles. The second kappa shape index (κ2) is 3.28. The van der Waals surface area contributed by atoms with Crippen LogP contribution in [0.2, 0.25) is 5.02 Å². The molecule has 1 aromatic rings. The van der Waals surface area contributed by atoms with Crippen LogP contribution in [0.15, 0.2) is 6.07 Å². The zero-order valence-electron chi connectivity index (χ0n) is 9.05. The van der Waals surface area contributed by atoms with E-state index in [2.05, 4.69) is 0 Å². The van der Waals surface area contributed by atoms with Crippen LogP contribution in [0.3, 0.4) is 0 Å². The molecular formula is C12H13ClO3. The first kappa shape index (κ1) is 10.2. The summed E-state index contributed by atoms with van der Waals surface area (Å²) in [4.78, 5) is 0. The summed E-state index contributed by atoms with van der Waals surface area (Å²) in [5, 5.41) is 10.9. The van der Waals surface area contributed by atoms with Gasteiger partial charge in [0.2, 0.25) is 0 Å². The van der Waals surface area contributed by atoms with Crippen LogP contribution in [0, 0.1) is 6.92 Å². The smallest absolute Gasteiger partial charge is 0.167 e. The number of ether oxygens (including phenoxy) is 2. The standard InChI is InChI=1S/C12H13ClO3/c1-7-8(13)6-9-11(16-5-4-15-9)10(7)12(14)2-3-12/h6,14H,2-5H2,1H3. The van der Waals surface area contributed by atoms with Gasteiger partial charge < -0.3 is 14.6 Å². The first-order valence-electron chi connectivity index (χ1n) is 5.43. The molecule has 0 bridgehead atoms. The quantitative estimate of drug-likeness (QED) is 0.819. The number of rotatable bonds is 1. The maximum atomic E-state index is 10.3. The van der Waals surface area contributed by atoms with Crippen molar-refractivity contribution in [1.29, 1.82) is 0 Å². The number of halogens is 1. The monoisotopic (exact) mass is 240 g/mol. The Hall–Kier alpha value is -0.930. The van der Waals surface area contributed by atoms with Gasteiger partial charge in [0.25, 0.3) is 0 Å². The number of hydrogen-bond acceptors (Lipinski definition) is 3. The van der Waals surface area contributed by atoms with E-state index in [-0.39, 0.29) is 0 Å². The zero-order valence-corrected chi connectivity index (χ0v) is 9.80. The SMILES string of the molecule is Cc1c(Cl)cc2c(c1C1(O)CC1)OCCO2. The molecule has 0 saturated heterocycles. The van der Waals surface area contributed by atoms with Crippen molar-refractivity contribution >= 4 is 11.6 Å². The van der Waals surface area contributed by atoms with Crippen molar-refractivity contribution in [2.24, 2.45) is 0 Å². The van der Waals surface area contributed by atoms with E-state index in [1.54, 1.807) is 6.07 Å². The number of fused-ring (bicyclic) bond motifs is 1. The Kier molecular flexibility index (Phi) is 2.10. The maximum Gasteiger partial charge on any atom is 0.167 e. The van der Waals surface area contributed by atoms with Crippen LogP contribution in [0.25, 0.3) is 0 Å². The van der Waals surface area contributed by atoms with E-state index in [9.17, 15) is 5.11 Å². The van der Waals surface area contributed by atoms with E-state index in [0.29, 0.717) is 29.7 Å². The Morgan fingerprint density at radius 3 is 2.69 bits per heavy atom. The summed E-state index contributed by atoms with van der Waals surface area (Å²) in [6, 6.07) is 1.76. The van der Waals surface area contributed by atoms with Gasteiger partial charge in [-0.3, -0.25) is 0 Å². The molecule has 1 aliphatic carbocycles. The van der Waals surface area contributed by atoms with Gasteiger partial charge in [-0.1, -0.05) is 11.6 Å². The molecule has 3 rings (SSSR count). The van der Waals surface area contributed by atoms with E-state index < -0.39 is 5.60 Å². The molecule has 3 nitrogen and oxygen atoms in total. The van der Waals surface area contributed by atoms with Crippen molar-refractivity contribution in [3.63, 3.8) is 0 Å². The minimum atomic E-state index is -0.750. The summed E-state index contributed by atoms with van der Waals surface area (Å²) in [5.74, 6) is 1.32. The molecule has 0 spiro atoms. The number of hydrogen-bond donors (Lipinski definition) is 1. The molecule has 0 unspecified atom stereocenters. The average Bonchev–Trinajstić information content (AvgIpc) is 2.99. The highest BCUT2D eigenvalue weighted by molar-refractivity contribution is 6.31. The summed E-state index contributed by atoms with van der Waals surface area (Å²) < 4.78 is 11.1. The molecule has 0 amide bonds. The Morgan fingerprint density at radius 1 is 1.31 bits per heavy atom. The normalized spacial score (nSPS) is 20.7. The summed E-state index contributed by atoms with van der Waals surface area (Å²) in [6.45, 7) is 2.97. The molecule has 1 heterocycles. The molecule has 0 radical (unpaired) electrons. The maximum absolute atomic E-state index is 10.3. The number of benzene rings is 1. The van der Waals surface area contributed by atoms with Gasteiger partial charge in [-0.2, -0.15) is 0 Å². The predicted molar refractivity (Wildman–Crippen MR) is 60.3 cm³/mol. The first-order chi connectivity index (χ1) is 7.62. The van der Waals surface area contributed by atoms with Crippen LogP contribution in [0.5, 0.6) is 11.5 Å². The minimum absolute atomic E-state index is 0.525. The highest BCUT2D eigenvalue weighted by Crippen LogP contribution is 2.54. The van der Waals surface area contributed by atoms with E-state index in [0.717, 1.165) is 24.0 Å². The Bertz CT molecular complexity index is 452. The van der Waals surface area contributed by atoms with Crippen molar-refractivity contribution in [1.82, 2.24) is 0 Å². The topological polar surface area (TPSA) is 38.7 Å². The van der Waals surface area contributed by atoms with E-state index in [1.807, 2.05) is 6.92 Å². The van der Waals surface area contributed by atoms with Crippen LogP contribution in [-0.4, -0.2) is 18.3 Å². The first-order valence-corrected chi connectivity index (χ1v) is 5.81. The molecule has 4 heteroatoms. The van der Waals surface area contributed by atoms with Gasteiger partial charge in [-0.05, 0) is 25.3 Å². The fourth-order valence-electron chi connectivity index (χ4n) is 2.18. The second-order valence-electron chi connectivity index (χ2n) is 4.41. The molecule has 1 fully saturated rings. The van der Waals surface area contributed by atoms with Gasteiger partial charge in [0.15, 0.2) is 11.5 Å². The fourth-order valence-corrected chi connectivity index (χ4v) is 2.37. The highest BCUT2D eigenvalue weighted by atomic mass is 35.5. The summed E-state index contributed by atoms with van der Waals surface area (Å²) in [7, 11) is 0. The molecule has 0 atom stereocenters. The lowest BCUT2D eigenvalue weighted by atomic mass is 9.99. The molecule has 1 aromatic carbocycles. The third-order valence-electron chi connectivity index (χ3n) is 3.22. The summed E-state index contributed by atoms with van der Waals surface area (Å²) >= 11 is 6.14. The third-order valence-corrected chi connectivity index (χ3v) is 3.61. The van der Waals surface area contributed by atoms with Crippen molar-refractivity contribution in [3.05, 3.63) is 22.2 Å². The molecule has 86 valence electrons. The van der Waals surface area contributed by atoms with Crippen molar-refractivity contribution in [3.8, 4) is 11.5 Å². The molecule has 1 saturated carbocycles. The van der Waals surface area contributed by atoms with Crippen LogP contribution in [0.4, 0.5) is 0 Å². The zero-order chi connectivity index (χ0) is 11.3. The van der Waals surface area contributed by atoms with Crippen LogP contribution >= 0.6 is 11.6 Å². The van der Waals surface area contributed by atoms with Gasteiger partial charge in [0.05, 0.1) is 5.60 Å². The molecule has 0 aromatic heterocycles. The molecular weight excluding hydrogens is 228 g/mol. The summed E-state index contributed by atoms with van der Waals surface area (Å²) in [6.07, 6.45) is 1.54. The van der Waals surface area contributed by atoms with E-state index in [4.69, 9.17) is 21.1 Å². The van der Waals surface area contributed by atoms with Crippen LogP contribution in [-0.2, 0) is 5.60 Å². The van der Waals surface area contributed by atoms with Gasteiger partial charge in [-0.15, -0.1) is 0 Å². The largest absolute Gasteiger partial charge is 0.486 e. The lowest BCUT2D eigenvalue weighted by Gasteiger charge is -2.25. The van der Waals surface area contributed by atoms with Crippen LogP contribution < -0.4 is 9.47 Å². The average molecular weight is 241 g/mol. The van der Waals surface area contributed by atoms with E-state index in [1.165, 1.54) is 0 Å². The predicted octanol–water partition coefficient (Wildman–Crippen LogP) is 2.40. The van der Waals surface area contributed by atoms with Gasteiger partial charge in [-0.25, -0.2) is 0 Å². The van der Waals surface area contributed by atoms with Crippen molar-refractivity contribution in [2.75, 3.05) is 13.2 Å². The molecule has 2 aliphatic rings. The van der Waals surface area contributed by atoms with Crippen molar-refractivity contribution < 1.29 is 14.6 Å². The minimum Gasteiger partial charge on any atom is -0.486 e. The Morgan fingerprint density at radius 2 is 2.00 bits per heavy atom. The lowest BCUT2D eigenvalue weighted by Crippen LogP contribution is -2.20. The number of aliphatic hydroxyl groups is 1. The lowest BCUT2D eigenvalue weighted by molar-refractivity contribution is 0.129. The van der Waals surface area contributed by atoms with Gasteiger partial charge in [0.1, 0.15) is 13.2 Å². The molecule has 1 N–H and O–H groups in total. The van der Waals surface area contributed by atoms with E-state index >= 15 is 0 Å². The van der Waals surface area contributed by atoms with Gasteiger partial charge >= 0.3 is 0 Å². The second-order valence-corrected chi connectivity index (χ2v) is 4.82. The third kappa shape index (κ3) is 1.39. The van der Waals surface area contributed by atoms with Gasteiger partial charge in [0, 0.05) is 16.7 Å². The highest BCUT2D eigenvalue weighted by Gasteiger charge is 2.47.